The van der Waals surface area contributed by atoms with Crippen molar-refractivity contribution < 1.29 is 9.53 Å². The van der Waals surface area contributed by atoms with Gasteiger partial charge in [-0.05, 0) is 60.8 Å². The van der Waals surface area contributed by atoms with Crippen molar-refractivity contribution in [2.45, 2.75) is 64.8 Å². The second-order valence-electron chi connectivity index (χ2n) is 9.79. The van der Waals surface area contributed by atoms with E-state index in [-0.39, 0.29) is 17.9 Å². The van der Waals surface area contributed by atoms with Gasteiger partial charge in [-0.2, -0.15) is 0 Å². The van der Waals surface area contributed by atoms with Gasteiger partial charge in [-0.25, -0.2) is 4.98 Å². The molecule has 2 heterocycles. The first kappa shape index (κ1) is 21.5. The quantitative estimate of drug-likeness (QED) is 0.638. The number of rotatable bonds is 6. The van der Waals surface area contributed by atoms with Gasteiger partial charge in [0.05, 0.1) is 5.75 Å². The molecule has 1 aliphatic carbocycles. The summed E-state index contributed by atoms with van der Waals surface area (Å²) in [5.74, 6) is 1.91. The second-order valence-corrected chi connectivity index (χ2v) is 11.1. The summed E-state index contributed by atoms with van der Waals surface area (Å²) >= 11 is 7.42. The lowest BCUT2D eigenvalue weighted by atomic mass is 9.65. The lowest BCUT2D eigenvalue weighted by molar-refractivity contribution is -0.129. The van der Waals surface area contributed by atoms with Crippen molar-refractivity contribution in [2.24, 2.45) is 10.8 Å². The second kappa shape index (κ2) is 8.08. The Bertz CT molecular complexity index is 947. The van der Waals surface area contributed by atoms with Gasteiger partial charge in [0.25, 0.3) is 0 Å². The molecule has 1 saturated carbocycles. The molecule has 2 aromatic rings. The predicted molar refractivity (Wildman–Crippen MR) is 119 cm³/mol. The molecule has 8 heteroatoms. The zero-order chi connectivity index (χ0) is 21.5. The topological polar surface area (TPSA) is 71.1 Å². The number of hydrogen-bond donors (Lipinski definition) is 1. The molecule has 1 aromatic carbocycles. The molecular formula is C22H29ClN4O2S. The van der Waals surface area contributed by atoms with E-state index in [1.807, 2.05) is 25.1 Å². The van der Waals surface area contributed by atoms with Crippen molar-refractivity contribution in [2.75, 3.05) is 12.3 Å². The zero-order valence-electron chi connectivity index (χ0n) is 18.0. The monoisotopic (exact) mass is 448 g/mol. The largest absolute Gasteiger partial charge is 0.486 e. The summed E-state index contributed by atoms with van der Waals surface area (Å²) in [5, 5.41) is 8.39. The van der Waals surface area contributed by atoms with E-state index >= 15 is 0 Å². The third-order valence-corrected chi connectivity index (χ3v) is 7.33. The SMILES string of the molecule is Cc1cc(OCc2nc(SCC(=O)N3CC4(C)CC3CC(C)(C)C4)n[nH]2)ccc1Cl. The highest BCUT2D eigenvalue weighted by Crippen LogP contribution is 2.52. The van der Waals surface area contributed by atoms with Crippen LogP contribution in [0.5, 0.6) is 5.75 Å². The Kier molecular flexibility index (Phi) is 5.79. The highest BCUT2D eigenvalue weighted by Gasteiger charge is 2.50. The molecule has 0 spiro atoms. The number of likely N-dealkylation sites (tertiary alicyclic amines) is 1. The number of aryl methyl sites for hydroxylation is 1. The number of thioether (sulfide) groups is 1. The molecule has 4 rings (SSSR count). The molecule has 2 bridgehead atoms. The number of H-pyrrole nitrogens is 1. The Morgan fingerprint density at radius 3 is 2.93 bits per heavy atom. The summed E-state index contributed by atoms with van der Waals surface area (Å²) in [4.78, 5) is 19.4. The van der Waals surface area contributed by atoms with E-state index in [9.17, 15) is 4.79 Å². The maximum absolute atomic E-state index is 12.9. The van der Waals surface area contributed by atoms with Gasteiger partial charge in [0.1, 0.15) is 12.4 Å². The van der Waals surface area contributed by atoms with Crippen LogP contribution in [0.25, 0.3) is 0 Å². The highest BCUT2D eigenvalue weighted by molar-refractivity contribution is 7.99. The molecule has 2 atom stereocenters. The Hall–Kier alpha value is -1.73. The summed E-state index contributed by atoms with van der Waals surface area (Å²) in [7, 11) is 0. The average molecular weight is 449 g/mol. The number of carbonyl (C=O) groups excluding carboxylic acids is 1. The van der Waals surface area contributed by atoms with Crippen LogP contribution < -0.4 is 4.74 Å². The fraction of sp³-hybridized carbons (Fsp3) is 0.591. The molecule has 2 fully saturated rings. The minimum absolute atomic E-state index is 0.186. The molecule has 1 aliphatic heterocycles. The number of aromatic amines is 1. The number of aromatic nitrogens is 3. The van der Waals surface area contributed by atoms with Crippen LogP contribution in [0, 0.1) is 17.8 Å². The summed E-state index contributed by atoms with van der Waals surface area (Å²) in [6, 6.07) is 5.90. The summed E-state index contributed by atoms with van der Waals surface area (Å²) in [5.41, 5.74) is 1.52. The van der Waals surface area contributed by atoms with E-state index in [0.29, 0.717) is 33.2 Å². The van der Waals surface area contributed by atoms with Crippen LogP contribution in [0.3, 0.4) is 0 Å². The van der Waals surface area contributed by atoms with E-state index in [4.69, 9.17) is 16.3 Å². The fourth-order valence-corrected chi connectivity index (χ4v) is 6.05. The summed E-state index contributed by atoms with van der Waals surface area (Å²) in [6.07, 6.45) is 3.40. The fourth-order valence-electron chi connectivity index (χ4n) is 5.23. The van der Waals surface area contributed by atoms with Crippen molar-refractivity contribution in [3.63, 3.8) is 0 Å². The lowest BCUT2D eigenvalue weighted by Gasteiger charge is -2.39. The smallest absolute Gasteiger partial charge is 0.233 e. The normalized spacial score (nSPS) is 24.8. The Morgan fingerprint density at radius 2 is 2.17 bits per heavy atom. The van der Waals surface area contributed by atoms with Gasteiger partial charge in [-0.15, -0.1) is 5.10 Å². The molecular weight excluding hydrogens is 420 g/mol. The number of amides is 1. The summed E-state index contributed by atoms with van der Waals surface area (Å²) in [6.45, 7) is 10.1. The third kappa shape index (κ3) is 4.78. The Balaban J connectivity index is 1.29. The van der Waals surface area contributed by atoms with Crippen molar-refractivity contribution in [3.05, 3.63) is 34.6 Å². The number of nitrogens with one attached hydrogen (secondary N) is 1. The first-order valence-corrected chi connectivity index (χ1v) is 11.7. The van der Waals surface area contributed by atoms with Gasteiger partial charge < -0.3 is 9.64 Å². The summed E-state index contributed by atoms with van der Waals surface area (Å²) < 4.78 is 5.75. The van der Waals surface area contributed by atoms with E-state index < -0.39 is 0 Å². The van der Waals surface area contributed by atoms with Gasteiger partial charge in [0.2, 0.25) is 11.1 Å². The van der Waals surface area contributed by atoms with E-state index in [2.05, 4.69) is 40.9 Å². The van der Waals surface area contributed by atoms with Crippen molar-refractivity contribution in [1.82, 2.24) is 20.1 Å². The minimum atomic E-state index is 0.186. The maximum atomic E-state index is 12.9. The molecule has 6 nitrogen and oxygen atoms in total. The van der Waals surface area contributed by atoms with Crippen molar-refractivity contribution in [1.29, 1.82) is 0 Å². The molecule has 1 saturated heterocycles. The predicted octanol–water partition coefficient (Wildman–Crippen LogP) is 4.86. The molecule has 30 heavy (non-hydrogen) atoms. The number of hydrogen-bond acceptors (Lipinski definition) is 5. The number of ether oxygens (including phenoxy) is 1. The first-order chi connectivity index (χ1) is 14.1. The molecule has 2 aliphatic rings. The standard InChI is InChI=1S/C22H29ClN4O2S/c1-14-7-16(5-6-17(14)23)29-10-18-24-20(26-25-18)30-11-19(28)27-13-22(4)9-15(27)8-21(2,3)12-22/h5-7,15H,8-13H2,1-4H3,(H,24,25,26). The Labute approximate surface area is 187 Å². The first-order valence-electron chi connectivity index (χ1n) is 10.4. The number of halogens is 1. The van der Waals surface area contributed by atoms with Gasteiger partial charge in [0.15, 0.2) is 5.82 Å². The van der Waals surface area contributed by atoms with Gasteiger partial charge in [-0.3, -0.25) is 9.89 Å². The molecule has 0 radical (unpaired) electrons. The zero-order valence-corrected chi connectivity index (χ0v) is 19.6. The number of benzene rings is 1. The molecule has 162 valence electrons. The van der Waals surface area contributed by atoms with Crippen LogP contribution >= 0.6 is 23.4 Å². The van der Waals surface area contributed by atoms with Crippen LogP contribution in [0.2, 0.25) is 5.02 Å². The van der Waals surface area contributed by atoms with E-state index in [1.165, 1.54) is 18.2 Å². The van der Waals surface area contributed by atoms with Crippen molar-refractivity contribution in [3.8, 4) is 5.75 Å². The van der Waals surface area contributed by atoms with Gasteiger partial charge in [0, 0.05) is 17.6 Å². The van der Waals surface area contributed by atoms with Crippen LogP contribution in [0.1, 0.15) is 51.4 Å². The number of nitrogens with zero attached hydrogens (tertiary/aromatic N) is 3. The van der Waals surface area contributed by atoms with Crippen molar-refractivity contribution >= 4 is 29.3 Å². The number of carbonyl (C=O) groups is 1. The minimum Gasteiger partial charge on any atom is -0.486 e. The maximum Gasteiger partial charge on any atom is 0.233 e. The molecule has 1 amide bonds. The lowest BCUT2D eigenvalue weighted by Crippen LogP contribution is -2.38. The molecule has 2 unspecified atom stereocenters. The van der Waals surface area contributed by atoms with E-state index in [1.54, 1.807) is 0 Å². The Morgan fingerprint density at radius 1 is 1.37 bits per heavy atom. The number of fused-ring (bicyclic) bond motifs is 2. The molecule has 1 N–H and O–H groups in total. The van der Waals surface area contributed by atoms with Crippen LogP contribution in [-0.4, -0.2) is 44.3 Å². The van der Waals surface area contributed by atoms with Gasteiger partial charge in [-0.1, -0.05) is 44.1 Å². The average Bonchev–Trinajstić information content (AvgIpc) is 3.21. The third-order valence-electron chi connectivity index (χ3n) is 6.08. The molecule has 1 aromatic heterocycles. The van der Waals surface area contributed by atoms with E-state index in [0.717, 1.165) is 30.7 Å². The van der Waals surface area contributed by atoms with Crippen LogP contribution in [0.15, 0.2) is 23.4 Å². The van der Waals surface area contributed by atoms with Crippen LogP contribution in [-0.2, 0) is 11.4 Å². The van der Waals surface area contributed by atoms with Crippen LogP contribution in [0.4, 0.5) is 0 Å². The van der Waals surface area contributed by atoms with Gasteiger partial charge >= 0.3 is 0 Å². The highest BCUT2D eigenvalue weighted by atomic mass is 35.5.